The number of rotatable bonds is 7. The van der Waals surface area contributed by atoms with Crippen molar-refractivity contribution in [3.05, 3.63) is 53.1 Å². The number of amides is 2. The number of anilines is 1. The molecular formula is C21H23F3N2O4. The molecule has 0 fully saturated rings. The van der Waals surface area contributed by atoms with Gasteiger partial charge in [0.25, 0.3) is 11.8 Å². The maximum absolute atomic E-state index is 13.1. The molecule has 0 bridgehead atoms. The lowest BCUT2D eigenvalue weighted by molar-refractivity contribution is -0.138. The highest BCUT2D eigenvalue weighted by molar-refractivity contribution is 6.04. The molecule has 162 valence electrons. The third-order valence-corrected chi connectivity index (χ3v) is 4.04. The Morgan fingerprint density at radius 1 is 1.07 bits per heavy atom. The number of hydrogen-bond donors (Lipinski definition) is 2. The predicted octanol–water partition coefficient (Wildman–Crippen LogP) is 4.18. The van der Waals surface area contributed by atoms with Crippen LogP contribution in [0.4, 0.5) is 18.9 Å². The van der Waals surface area contributed by atoms with Crippen molar-refractivity contribution in [1.29, 1.82) is 0 Å². The van der Waals surface area contributed by atoms with Crippen LogP contribution < -0.4 is 20.1 Å². The monoisotopic (exact) mass is 424 g/mol. The molecule has 0 aliphatic rings. The zero-order chi connectivity index (χ0) is 22.5. The van der Waals surface area contributed by atoms with Gasteiger partial charge >= 0.3 is 6.18 Å². The topological polar surface area (TPSA) is 76.7 Å². The number of aryl methyl sites for hydroxylation is 1. The van der Waals surface area contributed by atoms with Crippen LogP contribution in [0.3, 0.4) is 0 Å². The first-order chi connectivity index (χ1) is 14.0. The summed E-state index contributed by atoms with van der Waals surface area (Å²) in [5.74, 6) is -0.467. The first-order valence-electron chi connectivity index (χ1n) is 9.10. The van der Waals surface area contributed by atoms with E-state index in [-0.39, 0.29) is 46.9 Å². The summed E-state index contributed by atoms with van der Waals surface area (Å²) in [7, 11) is 1.37. The van der Waals surface area contributed by atoms with Crippen molar-refractivity contribution in [2.75, 3.05) is 19.0 Å². The minimum absolute atomic E-state index is 0.0163. The van der Waals surface area contributed by atoms with Gasteiger partial charge in [0, 0.05) is 17.3 Å². The first kappa shape index (κ1) is 23.1. The summed E-state index contributed by atoms with van der Waals surface area (Å²) < 4.78 is 49.8. The number of benzene rings is 2. The second-order valence-corrected chi connectivity index (χ2v) is 6.86. The van der Waals surface area contributed by atoms with Crippen molar-refractivity contribution in [3.63, 3.8) is 0 Å². The summed E-state index contributed by atoms with van der Waals surface area (Å²) in [5.41, 5.74) is -0.589. The first-order valence-corrected chi connectivity index (χ1v) is 9.10. The van der Waals surface area contributed by atoms with Crippen LogP contribution in [0.15, 0.2) is 36.4 Å². The molecule has 2 amide bonds. The van der Waals surface area contributed by atoms with E-state index in [0.717, 1.165) is 6.07 Å². The number of halogens is 3. The van der Waals surface area contributed by atoms with Crippen molar-refractivity contribution in [1.82, 2.24) is 5.32 Å². The molecule has 6 nitrogen and oxygen atoms in total. The van der Waals surface area contributed by atoms with Crippen LogP contribution in [-0.4, -0.2) is 31.6 Å². The largest absolute Gasteiger partial charge is 0.493 e. The Morgan fingerprint density at radius 3 is 2.37 bits per heavy atom. The Balaban J connectivity index is 2.14. The van der Waals surface area contributed by atoms with Crippen LogP contribution in [0.2, 0.25) is 0 Å². The number of carbonyl (C=O) groups excluding carboxylic acids is 2. The van der Waals surface area contributed by atoms with Crippen molar-refractivity contribution in [2.24, 2.45) is 0 Å². The molecular weight excluding hydrogens is 401 g/mol. The highest BCUT2D eigenvalue weighted by Gasteiger charge is 2.32. The standard InChI is InChI=1S/C21H23F3N2O4/c1-12(2)25-19(27)11-30-17-8-6-14(9-18(17)29-4)20(28)26-15-7-5-13(3)16(10-15)21(22,23)24/h5-10,12H,11H2,1-4H3,(H,25,27)(H,26,28). The van der Waals surface area contributed by atoms with Gasteiger partial charge in [-0.3, -0.25) is 9.59 Å². The van der Waals surface area contributed by atoms with Crippen LogP contribution in [-0.2, 0) is 11.0 Å². The molecule has 2 rings (SSSR count). The van der Waals surface area contributed by atoms with E-state index in [2.05, 4.69) is 10.6 Å². The molecule has 0 spiro atoms. The molecule has 0 unspecified atom stereocenters. The maximum atomic E-state index is 13.1. The number of hydrogen-bond acceptors (Lipinski definition) is 4. The second-order valence-electron chi connectivity index (χ2n) is 6.86. The smallest absolute Gasteiger partial charge is 0.416 e. The summed E-state index contributed by atoms with van der Waals surface area (Å²) in [6, 6.07) is 7.79. The quantitative estimate of drug-likeness (QED) is 0.699. The number of alkyl halides is 3. The Morgan fingerprint density at radius 2 is 1.77 bits per heavy atom. The lowest BCUT2D eigenvalue weighted by Crippen LogP contribution is -2.34. The van der Waals surface area contributed by atoms with Gasteiger partial charge in [-0.05, 0) is 56.7 Å². The van der Waals surface area contributed by atoms with Gasteiger partial charge in [-0.25, -0.2) is 0 Å². The average molecular weight is 424 g/mol. The van der Waals surface area contributed by atoms with Crippen molar-refractivity contribution in [2.45, 2.75) is 33.0 Å². The zero-order valence-electron chi connectivity index (χ0n) is 17.0. The molecule has 0 heterocycles. The Labute approximate surface area is 172 Å². The third kappa shape index (κ3) is 6.13. The van der Waals surface area contributed by atoms with E-state index in [1.165, 1.54) is 44.4 Å². The molecule has 30 heavy (non-hydrogen) atoms. The Hall–Kier alpha value is -3.23. The van der Waals surface area contributed by atoms with Gasteiger partial charge in [0.2, 0.25) is 0 Å². The summed E-state index contributed by atoms with van der Waals surface area (Å²) in [4.78, 5) is 24.2. The van der Waals surface area contributed by atoms with E-state index in [1.54, 1.807) is 0 Å². The van der Waals surface area contributed by atoms with E-state index in [1.807, 2.05) is 13.8 Å². The van der Waals surface area contributed by atoms with E-state index in [9.17, 15) is 22.8 Å². The number of nitrogens with one attached hydrogen (secondary N) is 2. The minimum Gasteiger partial charge on any atom is -0.493 e. The summed E-state index contributed by atoms with van der Waals surface area (Å²) in [6.07, 6.45) is -4.52. The fourth-order valence-corrected chi connectivity index (χ4v) is 2.64. The van der Waals surface area contributed by atoms with Gasteiger partial charge in [-0.15, -0.1) is 0 Å². The van der Waals surface area contributed by atoms with Crippen molar-refractivity contribution >= 4 is 17.5 Å². The van der Waals surface area contributed by atoms with E-state index in [4.69, 9.17) is 9.47 Å². The molecule has 2 N–H and O–H groups in total. The molecule has 0 aliphatic carbocycles. The van der Waals surface area contributed by atoms with Gasteiger partial charge < -0.3 is 20.1 Å². The van der Waals surface area contributed by atoms with Crippen LogP contribution in [0.1, 0.15) is 35.3 Å². The molecule has 9 heteroatoms. The van der Waals surface area contributed by atoms with Crippen molar-refractivity contribution in [3.8, 4) is 11.5 Å². The average Bonchev–Trinajstić information content (AvgIpc) is 2.66. The molecule has 0 aliphatic heterocycles. The highest BCUT2D eigenvalue weighted by atomic mass is 19.4. The molecule has 0 atom stereocenters. The van der Waals surface area contributed by atoms with Crippen molar-refractivity contribution < 1.29 is 32.2 Å². The summed E-state index contributed by atoms with van der Waals surface area (Å²) >= 11 is 0. The van der Waals surface area contributed by atoms with Crippen LogP contribution in [0, 0.1) is 6.92 Å². The molecule has 0 saturated carbocycles. The molecule has 0 aromatic heterocycles. The van der Waals surface area contributed by atoms with Gasteiger partial charge in [-0.2, -0.15) is 13.2 Å². The third-order valence-electron chi connectivity index (χ3n) is 4.04. The normalized spacial score (nSPS) is 11.2. The Bertz CT molecular complexity index is 927. The number of carbonyl (C=O) groups is 2. The van der Waals surface area contributed by atoms with Gasteiger partial charge in [0.15, 0.2) is 18.1 Å². The zero-order valence-corrected chi connectivity index (χ0v) is 17.0. The fraction of sp³-hybridized carbons (Fsp3) is 0.333. The van der Waals surface area contributed by atoms with Crippen LogP contribution in [0.25, 0.3) is 0 Å². The molecule has 2 aromatic rings. The molecule has 2 aromatic carbocycles. The van der Waals surface area contributed by atoms with Gasteiger partial charge in [0.1, 0.15) is 0 Å². The SMILES string of the molecule is COc1cc(C(=O)Nc2ccc(C)c(C(F)(F)F)c2)ccc1OCC(=O)NC(C)C. The van der Waals surface area contributed by atoms with Crippen LogP contribution in [0.5, 0.6) is 11.5 Å². The van der Waals surface area contributed by atoms with E-state index >= 15 is 0 Å². The van der Waals surface area contributed by atoms with Crippen LogP contribution >= 0.6 is 0 Å². The molecule has 0 saturated heterocycles. The summed E-state index contributed by atoms with van der Waals surface area (Å²) in [5, 5.41) is 5.12. The molecule has 0 radical (unpaired) electrons. The lowest BCUT2D eigenvalue weighted by Gasteiger charge is -2.14. The van der Waals surface area contributed by atoms with Gasteiger partial charge in [0.05, 0.1) is 12.7 Å². The maximum Gasteiger partial charge on any atom is 0.416 e. The fourth-order valence-electron chi connectivity index (χ4n) is 2.64. The number of methoxy groups -OCH3 is 1. The lowest BCUT2D eigenvalue weighted by atomic mass is 10.1. The summed E-state index contributed by atoms with van der Waals surface area (Å²) in [6.45, 7) is 4.75. The predicted molar refractivity (Wildman–Crippen MR) is 106 cm³/mol. The highest BCUT2D eigenvalue weighted by Crippen LogP contribution is 2.34. The second kappa shape index (κ2) is 9.51. The minimum atomic E-state index is -4.52. The van der Waals surface area contributed by atoms with E-state index < -0.39 is 17.6 Å². The van der Waals surface area contributed by atoms with Gasteiger partial charge in [-0.1, -0.05) is 6.07 Å². The van der Waals surface area contributed by atoms with E-state index in [0.29, 0.717) is 0 Å². The Kier molecular flexibility index (Phi) is 7.31. The number of ether oxygens (including phenoxy) is 2.